The Kier molecular flexibility index (Phi) is 3.29. The van der Waals surface area contributed by atoms with E-state index in [-0.39, 0.29) is 11.5 Å². The van der Waals surface area contributed by atoms with Crippen molar-refractivity contribution in [2.75, 3.05) is 0 Å². The molecule has 1 nitrogen and oxygen atoms in total. The van der Waals surface area contributed by atoms with Crippen LogP contribution in [-0.2, 0) is 0 Å². The van der Waals surface area contributed by atoms with E-state index in [1.807, 2.05) is 6.07 Å². The van der Waals surface area contributed by atoms with Crippen LogP contribution in [-0.4, -0.2) is 0 Å². The fourth-order valence-electron chi connectivity index (χ4n) is 1.03. The molecule has 4 heteroatoms. The summed E-state index contributed by atoms with van der Waals surface area (Å²) in [4.78, 5) is 0. The number of nitrogens with two attached hydrogens (primary N) is 1. The van der Waals surface area contributed by atoms with Crippen LogP contribution in [0.15, 0.2) is 6.07 Å². The maximum Gasteiger partial charge on any atom is 0.0992 e. The largest absolute Gasteiger partial charge is 0.323 e. The van der Waals surface area contributed by atoms with Crippen molar-refractivity contribution in [3.05, 3.63) is 20.3 Å². The molecule has 0 aliphatic carbocycles. The summed E-state index contributed by atoms with van der Waals surface area (Å²) in [6.07, 6.45) is 0. The lowest BCUT2D eigenvalue weighted by Crippen LogP contribution is -2.25. The predicted molar refractivity (Wildman–Crippen MR) is 60.7 cm³/mol. The quantitative estimate of drug-likeness (QED) is 0.783. The number of rotatable bonds is 1. The summed E-state index contributed by atoms with van der Waals surface area (Å²) in [5.74, 6) is 0. The van der Waals surface area contributed by atoms with Gasteiger partial charge in [-0.2, -0.15) is 0 Å². The Balaban J connectivity index is 3.01. The maximum atomic E-state index is 6.05. The number of hydrogen-bond donors (Lipinski definition) is 1. The van der Waals surface area contributed by atoms with Crippen LogP contribution in [0.4, 0.5) is 0 Å². The van der Waals surface area contributed by atoms with E-state index >= 15 is 0 Å². The highest BCUT2D eigenvalue weighted by Gasteiger charge is 2.25. The van der Waals surface area contributed by atoms with Crippen LogP contribution in [0.25, 0.3) is 0 Å². The van der Waals surface area contributed by atoms with Gasteiger partial charge in [0.15, 0.2) is 0 Å². The molecule has 0 saturated heterocycles. The lowest BCUT2D eigenvalue weighted by molar-refractivity contribution is 0.327. The second kappa shape index (κ2) is 3.77. The minimum Gasteiger partial charge on any atom is -0.323 e. The van der Waals surface area contributed by atoms with E-state index in [0.29, 0.717) is 8.67 Å². The van der Waals surface area contributed by atoms with Gasteiger partial charge >= 0.3 is 0 Å². The molecule has 0 saturated carbocycles. The molecule has 1 aromatic heterocycles. The van der Waals surface area contributed by atoms with Crippen molar-refractivity contribution in [3.8, 4) is 0 Å². The van der Waals surface area contributed by atoms with Gasteiger partial charge in [0.05, 0.1) is 8.67 Å². The van der Waals surface area contributed by atoms with Crippen molar-refractivity contribution < 1.29 is 0 Å². The van der Waals surface area contributed by atoms with Crippen molar-refractivity contribution in [2.45, 2.75) is 26.8 Å². The second-order valence-electron chi connectivity index (χ2n) is 4.12. The topological polar surface area (TPSA) is 26.0 Å². The van der Waals surface area contributed by atoms with E-state index in [9.17, 15) is 0 Å². The van der Waals surface area contributed by atoms with Gasteiger partial charge in [-0.1, -0.05) is 44.0 Å². The van der Waals surface area contributed by atoms with E-state index in [0.717, 1.165) is 5.56 Å². The zero-order chi connectivity index (χ0) is 10.2. The number of halogens is 2. The first-order valence-corrected chi connectivity index (χ1v) is 5.60. The van der Waals surface area contributed by atoms with Gasteiger partial charge in [0, 0.05) is 11.6 Å². The Morgan fingerprint density at radius 3 is 2.23 bits per heavy atom. The third-order valence-corrected chi connectivity index (χ3v) is 3.47. The molecule has 0 fully saturated rings. The summed E-state index contributed by atoms with van der Waals surface area (Å²) in [5, 5.41) is 0. The van der Waals surface area contributed by atoms with Gasteiger partial charge in [0.2, 0.25) is 0 Å². The van der Waals surface area contributed by atoms with Gasteiger partial charge in [-0.05, 0) is 11.5 Å². The van der Waals surface area contributed by atoms with Crippen LogP contribution < -0.4 is 5.73 Å². The second-order valence-corrected chi connectivity index (χ2v) is 6.41. The van der Waals surface area contributed by atoms with Crippen molar-refractivity contribution in [3.63, 3.8) is 0 Å². The van der Waals surface area contributed by atoms with Gasteiger partial charge < -0.3 is 5.73 Å². The molecule has 0 aromatic carbocycles. The molecule has 13 heavy (non-hydrogen) atoms. The highest BCUT2D eigenvalue weighted by molar-refractivity contribution is 7.20. The molecule has 0 bridgehead atoms. The number of hydrogen-bond acceptors (Lipinski definition) is 2. The summed E-state index contributed by atoms with van der Waals surface area (Å²) in [6.45, 7) is 6.25. The van der Waals surface area contributed by atoms with Crippen molar-refractivity contribution >= 4 is 34.5 Å². The average Bonchev–Trinajstić information content (AvgIpc) is 2.26. The standard InChI is InChI=1S/C9H13Cl2NS/c1-9(2,3)7(12)5-4-6(10)13-8(5)11/h4,7H,12H2,1-3H3. The molecule has 74 valence electrons. The molecule has 0 spiro atoms. The molecule has 2 N–H and O–H groups in total. The molecular formula is C9H13Cl2NS. The molecule has 0 amide bonds. The van der Waals surface area contributed by atoms with E-state index in [4.69, 9.17) is 28.9 Å². The minimum atomic E-state index is -0.0660. The molecular weight excluding hydrogens is 225 g/mol. The van der Waals surface area contributed by atoms with E-state index in [2.05, 4.69) is 20.8 Å². The number of thiophene rings is 1. The first-order chi connectivity index (χ1) is 5.82. The van der Waals surface area contributed by atoms with E-state index < -0.39 is 0 Å². The Bertz CT molecular complexity index is 301. The Morgan fingerprint density at radius 1 is 1.38 bits per heavy atom. The highest BCUT2D eigenvalue weighted by atomic mass is 35.5. The Morgan fingerprint density at radius 2 is 1.92 bits per heavy atom. The van der Waals surface area contributed by atoms with E-state index in [1.165, 1.54) is 11.3 Å². The Labute approximate surface area is 92.8 Å². The van der Waals surface area contributed by atoms with Gasteiger partial charge in [0.25, 0.3) is 0 Å². The first kappa shape index (κ1) is 11.3. The third kappa shape index (κ3) is 2.59. The SMILES string of the molecule is CC(C)(C)C(N)c1cc(Cl)sc1Cl. The van der Waals surface area contributed by atoms with Crippen LogP contribution >= 0.6 is 34.5 Å². The molecule has 1 atom stereocenters. The average molecular weight is 238 g/mol. The fourth-order valence-corrected chi connectivity index (χ4v) is 2.58. The maximum absolute atomic E-state index is 6.05. The zero-order valence-corrected chi connectivity index (χ0v) is 10.2. The van der Waals surface area contributed by atoms with Crippen LogP contribution in [0.1, 0.15) is 32.4 Å². The molecule has 1 unspecified atom stereocenters. The van der Waals surface area contributed by atoms with Gasteiger partial charge in [-0.15, -0.1) is 11.3 Å². The van der Waals surface area contributed by atoms with Gasteiger partial charge in [-0.3, -0.25) is 0 Å². The summed E-state index contributed by atoms with van der Waals surface area (Å²) in [7, 11) is 0. The molecule has 0 radical (unpaired) electrons. The van der Waals surface area contributed by atoms with E-state index in [1.54, 1.807) is 0 Å². The smallest absolute Gasteiger partial charge is 0.0992 e. The van der Waals surface area contributed by atoms with Crippen LogP contribution in [0, 0.1) is 5.41 Å². The third-order valence-electron chi connectivity index (χ3n) is 1.95. The summed E-state index contributed by atoms with van der Waals surface area (Å²) < 4.78 is 1.40. The minimum absolute atomic E-state index is 0.00798. The van der Waals surface area contributed by atoms with Gasteiger partial charge in [0.1, 0.15) is 0 Å². The molecule has 0 aliphatic rings. The lowest BCUT2D eigenvalue weighted by Gasteiger charge is -2.26. The summed E-state index contributed by atoms with van der Waals surface area (Å²) >= 11 is 13.2. The summed E-state index contributed by atoms with van der Waals surface area (Å²) in [6, 6.07) is 1.79. The zero-order valence-electron chi connectivity index (χ0n) is 7.90. The molecule has 1 rings (SSSR count). The highest BCUT2D eigenvalue weighted by Crippen LogP contribution is 2.40. The molecule has 0 aliphatic heterocycles. The van der Waals surface area contributed by atoms with Crippen LogP contribution in [0.2, 0.25) is 8.67 Å². The van der Waals surface area contributed by atoms with Crippen molar-refractivity contribution in [2.24, 2.45) is 11.1 Å². The monoisotopic (exact) mass is 237 g/mol. The fraction of sp³-hybridized carbons (Fsp3) is 0.556. The van der Waals surface area contributed by atoms with Crippen LogP contribution in [0.3, 0.4) is 0 Å². The summed E-state index contributed by atoms with van der Waals surface area (Å²) in [5.41, 5.74) is 7.01. The van der Waals surface area contributed by atoms with Crippen molar-refractivity contribution in [1.29, 1.82) is 0 Å². The first-order valence-electron chi connectivity index (χ1n) is 4.02. The molecule has 1 heterocycles. The van der Waals surface area contributed by atoms with Crippen molar-refractivity contribution in [1.82, 2.24) is 0 Å². The predicted octanol–water partition coefficient (Wildman–Crippen LogP) is 4.10. The van der Waals surface area contributed by atoms with Crippen LogP contribution in [0.5, 0.6) is 0 Å². The lowest BCUT2D eigenvalue weighted by atomic mass is 9.84. The van der Waals surface area contributed by atoms with Gasteiger partial charge in [-0.25, -0.2) is 0 Å². The molecule has 1 aromatic rings. The Hall–Kier alpha value is 0.240. The normalized spacial score (nSPS) is 14.6.